The molecular formula is C22H42N6S. The second-order valence-electron chi connectivity index (χ2n) is 7.55. The van der Waals surface area contributed by atoms with Gasteiger partial charge in [-0.15, -0.1) is 0 Å². The highest BCUT2D eigenvalue weighted by molar-refractivity contribution is 8.13. The zero-order chi connectivity index (χ0) is 21.0. The van der Waals surface area contributed by atoms with Crippen LogP contribution < -0.4 is 11.1 Å². The molecule has 1 rings (SSSR count). The van der Waals surface area contributed by atoms with E-state index in [0.717, 1.165) is 18.8 Å². The number of nitrogens with one attached hydrogen (secondary N) is 2. The number of unbranched alkanes of at least 4 members (excludes halogenated alkanes) is 13. The van der Waals surface area contributed by atoms with Gasteiger partial charge in [0.15, 0.2) is 5.17 Å². The maximum atomic E-state index is 5.92. The minimum atomic E-state index is 0.330. The van der Waals surface area contributed by atoms with Gasteiger partial charge < -0.3 is 16.0 Å². The number of H-pyrrole nitrogens is 1. The number of thioether (sulfide) groups is 1. The van der Waals surface area contributed by atoms with Crippen LogP contribution in [0.1, 0.15) is 96.8 Å². The molecule has 1 heterocycles. The van der Waals surface area contributed by atoms with Crippen molar-refractivity contribution in [2.75, 3.05) is 18.1 Å². The van der Waals surface area contributed by atoms with Crippen LogP contribution in [0.4, 0.5) is 5.82 Å². The van der Waals surface area contributed by atoms with E-state index < -0.39 is 0 Å². The number of aromatic nitrogens is 2. The Morgan fingerprint density at radius 3 is 2.00 bits per heavy atom. The topological polar surface area (TPSA) is 91.4 Å². The summed E-state index contributed by atoms with van der Waals surface area (Å²) in [5.41, 5.74) is 5.92. The summed E-state index contributed by atoms with van der Waals surface area (Å²) < 4.78 is 0. The minimum absolute atomic E-state index is 0.330. The molecule has 0 saturated heterocycles. The highest BCUT2D eigenvalue weighted by atomic mass is 32.2. The van der Waals surface area contributed by atoms with Crippen molar-refractivity contribution in [2.45, 2.75) is 96.8 Å². The number of guanidine groups is 1. The summed E-state index contributed by atoms with van der Waals surface area (Å²) in [5, 5.41) is 3.83. The third-order valence-electron chi connectivity index (χ3n) is 4.93. The molecule has 0 radical (unpaired) electrons. The first-order valence-corrected chi connectivity index (χ1v) is 12.7. The quantitative estimate of drug-likeness (QED) is 0.165. The summed E-state index contributed by atoms with van der Waals surface area (Å²) in [7, 11) is 0. The largest absolute Gasteiger partial charge is 0.368 e. The van der Waals surface area contributed by atoms with Gasteiger partial charge in [-0.2, -0.15) is 4.99 Å². The molecule has 6 nitrogen and oxygen atoms in total. The van der Waals surface area contributed by atoms with E-state index in [2.05, 4.69) is 32.2 Å². The molecule has 4 N–H and O–H groups in total. The first-order valence-electron chi connectivity index (χ1n) is 11.4. The van der Waals surface area contributed by atoms with Gasteiger partial charge in [-0.25, -0.2) is 4.98 Å². The molecule has 0 bridgehead atoms. The van der Waals surface area contributed by atoms with Crippen molar-refractivity contribution in [3.05, 3.63) is 12.5 Å². The smallest absolute Gasteiger partial charge is 0.217 e. The third kappa shape index (κ3) is 15.1. The number of hydrogen-bond donors (Lipinski definition) is 3. The lowest BCUT2D eigenvalue weighted by Crippen LogP contribution is -2.16. The molecule has 1 aromatic rings. The number of anilines is 1. The number of amidine groups is 1. The molecule has 29 heavy (non-hydrogen) atoms. The normalized spacial score (nSPS) is 12.5. The van der Waals surface area contributed by atoms with Crippen LogP contribution in [0.3, 0.4) is 0 Å². The van der Waals surface area contributed by atoms with Crippen LogP contribution >= 0.6 is 11.8 Å². The average molecular weight is 423 g/mol. The molecule has 0 aliphatic carbocycles. The van der Waals surface area contributed by atoms with Gasteiger partial charge in [-0.3, -0.25) is 4.99 Å². The highest BCUT2D eigenvalue weighted by Crippen LogP contribution is 2.13. The van der Waals surface area contributed by atoms with E-state index in [1.54, 1.807) is 12.5 Å². The third-order valence-corrected chi connectivity index (χ3v) is 5.51. The average Bonchev–Trinajstić information content (AvgIpc) is 3.23. The van der Waals surface area contributed by atoms with Gasteiger partial charge in [0.2, 0.25) is 5.96 Å². The molecule has 0 spiro atoms. The van der Waals surface area contributed by atoms with E-state index in [4.69, 9.17) is 5.73 Å². The van der Waals surface area contributed by atoms with Crippen LogP contribution in [0.15, 0.2) is 22.5 Å². The molecule has 0 aliphatic heterocycles. The minimum Gasteiger partial charge on any atom is -0.368 e. The first kappa shape index (κ1) is 25.5. The van der Waals surface area contributed by atoms with Gasteiger partial charge in [0.05, 0.1) is 12.5 Å². The Kier molecular flexibility index (Phi) is 16.3. The zero-order valence-electron chi connectivity index (χ0n) is 18.6. The molecule has 0 amide bonds. The predicted molar refractivity (Wildman–Crippen MR) is 130 cm³/mol. The van der Waals surface area contributed by atoms with Gasteiger partial charge in [0, 0.05) is 6.54 Å². The Bertz CT molecular complexity index is 542. The predicted octanol–water partition coefficient (Wildman–Crippen LogP) is 6.34. The molecule has 166 valence electrons. The number of hydrogen-bond acceptors (Lipinski definition) is 3. The Morgan fingerprint density at radius 1 is 0.966 bits per heavy atom. The maximum Gasteiger partial charge on any atom is 0.217 e. The van der Waals surface area contributed by atoms with Crippen LogP contribution in [0.2, 0.25) is 0 Å². The molecule has 7 heteroatoms. The van der Waals surface area contributed by atoms with Gasteiger partial charge in [0.25, 0.3) is 0 Å². The maximum absolute atomic E-state index is 5.92. The van der Waals surface area contributed by atoms with E-state index in [9.17, 15) is 0 Å². The Labute approximate surface area is 182 Å². The lowest BCUT2D eigenvalue weighted by atomic mass is 10.0. The second kappa shape index (κ2) is 18.5. The van der Waals surface area contributed by atoms with Crippen LogP contribution in [-0.2, 0) is 0 Å². The number of aliphatic imine (C=N–C) groups is 2. The molecule has 0 unspecified atom stereocenters. The van der Waals surface area contributed by atoms with Gasteiger partial charge in [-0.05, 0) is 12.7 Å². The Balaban J connectivity index is 1.95. The molecule has 1 aromatic heterocycles. The molecular weight excluding hydrogens is 380 g/mol. The van der Waals surface area contributed by atoms with Crippen molar-refractivity contribution in [1.82, 2.24) is 9.97 Å². The fourth-order valence-corrected chi connectivity index (χ4v) is 3.60. The van der Waals surface area contributed by atoms with E-state index in [1.807, 2.05) is 6.26 Å². The lowest BCUT2D eigenvalue weighted by molar-refractivity contribution is 0.536. The number of nitrogens with zero attached hydrogens (tertiary/aromatic N) is 3. The number of nitrogens with two attached hydrogens (primary N) is 1. The SMILES string of the molecule is CCCCCCCCCCCCCCCCN=C(N)/N=C(/Nc1cnc[nH]1)SC. The molecule has 0 aromatic carbocycles. The monoisotopic (exact) mass is 422 g/mol. The highest BCUT2D eigenvalue weighted by Gasteiger charge is 2.00. The summed E-state index contributed by atoms with van der Waals surface area (Å²) in [6.45, 7) is 3.03. The van der Waals surface area contributed by atoms with Crippen LogP contribution in [-0.4, -0.2) is 33.9 Å². The fourth-order valence-electron chi connectivity index (χ4n) is 3.20. The van der Waals surface area contributed by atoms with Crippen molar-refractivity contribution in [3.63, 3.8) is 0 Å². The zero-order valence-corrected chi connectivity index (χ0v) is 19.4. The lowest BCUT2D eigenvalue weighted by Gasteiger charge is -2.04. The first-order chi connectivity index (χ1) is 14.3. The number of aromatic amines is 1. The molecule has 0 atom stereocenters. The number of imidazole rings is 1. The Hall–Kier alpha value is -1.50. The van der Waals surface area contributed by atoms with E-state index in [0.29, 0.717) is 11.1 Å². The summed E-state index contributed by atoms with van der Waals surface area (Å²) in [6, 6.07) is 0. The summed E-state index contributed by atoms with van der Waals surface area (Å²) in [4.78, 5) is 15.6. The second-order valence-corrected chi connectivity index (χ2v) is 8.34. The Morgan fingerprint density at radius 2 is 1.52 bits per heavy atom. The van der Waals surface area contributed by atoms with Gasteiger partial charge in [0.1, 0.15) is 5.82 Å². The fraction of sp³-hybridized carbons (Fsp3) is 0.773. The van der Waals surface area contributed by atoms with Crippen LogP contribution in [0.5, 0.6) is 0 Å². The van der Waals surface area contributed by atoms with Crippen molar-refractivity contribution >= 4 is 28.7 Å². The standard InChI is InChI=1S/C22H42N6S/c1-3-4-5-6-7-8-9-10-11-12-13-14-15-16-17-25-21(23)28-22(29-2)27-20-18-24-19-26-20/h18-19H,3-17H2,1-2H3,(H,24,26)(H3,23,25,27,28). The van der Waals surface area contributed by atoms with Crippen LogP contribution in [0, 0.1) is 0 Å². The van der Waals surface area contributed by atoms with Crippen molar-refractivity contribution in [3.8, 4) is 0 Å². The summed E-state index contributed by atoms with van der Waals surface area (Å²) in [6.07, 6.45) is 24.3. The van der Waals surface area contributed by atoms with E-state index >= 15 is 0 Å². The molecule has 0 fully saturated rings. The summed E-state index contributed by atoms with van der Waals surface area (Å²) >= 11 is 1.49. The van der Waals surface area contributed by atoms with Crippen molar-refractivity contribution in [1.29, 1.82) is 0 Å². The molecule has 0 aliphatic rings. The number of rotatable bonds is 16. The van der Waals surface area contributed by atoms with Gasteiger partial charge in [-0.1, -0.05) is 102 Å². The van der Waals surface area contributed by atoms with Crippen molar-refractivity contribution in [2.24, 2.45) is 15.7 Å². The molecule has 0 saturated carbocycles. The van der Waals surface area contributed by atoms with E-state index in [-0.39, 0.29) is 0 Å². The van der Waals surface area contributed by atoms with Crippen molar-refractivity contribution < 1.29 is 0 Å². The van der Waals surface area contributed by atoms with Gasteiger partial charge >= 0.3 is 0 Å². The van der Waals surface area contributed by atoms with Crippen LogP contribution in [0.25, 0.3) is 0 Å². The summed E-state index contributed by atoms with van der Waals surface area (Å²) in [5.74, 6) is 1.12. The van der Waals surface area contributed by atoms with E-state index in [1.165, 1.54) is 95.2 Å².